The lowest BCUT2D eigenvalue weighted by Crippen LogP contribution is -2.50. The fourth-order valence-corrected chi connectivity index (χ4v) is 2.04. The first-order chi connectivity index (χ1) is 9.66. The monoisotopic (exact) mass is 277 g/mol. The Morgan fingerprint density at radius 3 is 3.00 bits per heavy atom. The van der Waals surface area contributed by atoms with Gasteiger partial charge in [-0.1, -0.05) is 12.1 Å². The second-order valence-electron chi connectivity index (χ2n) is 4.69. The molecule has 1 unspecified atom stereocenters. The van der Waals surface area contributed by atoms with Gasteiger partial charge in [0.25, 0.3) is 0 Å². The molecule has 1 aliphatic heterocycles. The smallest absolute Gasteiger partial charge is 0.242 e. The molecule has 1 saturated heterocycles. The summed E-state index contributed by atoms with van der Waals surface area (Å²) in [4.78, 5) is 23.2. The van der Waals surface area contributed by atoms with Crippen LogP contribution in [0.15, 0.2) is 24.3 Å². The minimum Gasteiger partial charge on any atom is -0.491 e. The van der Waals surface area contributed by atoms with Gasteiger partial charge in [0.2, 0.25) is 11.8 Å². The van der Waals surface area contributed by atoms with Crippen LogP contribution in [0.25, 0.3) is 0 Å². The number of amides is 2. The van der Waals surface area contributed by atoms with Crippen molar-refractivity contribution in [3.8, 4) is 5.75 Å². The van der Waals surface area contributed by atoms with Crippen molar-refractivity contribution in [1.29, 1.82) is 0 Å². The van der Waals surface area contributed by atoms with Crippen LogP contribution in [0.5, 0.6) is 5.75 Å². The van der Waals surface area contributed by atoms with E-state index in [1.165, 1.54) is 0 Å². The molecular formula is C14H19N3O3. The molecule has 1 aromatic rings. The summed E-state index contributed by atoms with van der Waals surface area (Å²) in [6, 6.07) is 6.70. The molecule has 6 heteroatoms. The van der Waals surface area contributed by atoms with Crippen LogP contribution in [-0.2, 0) is 9.59 Å². The van der Waals surface area contributed by atoms with Crippen molar-refractivity contribution in [2.24, 2.45) is 0 Å². The van der Waals surface area contributed by atoms with E-state index in [1.807, 2.05) is 12.1 Å². The Balaban J connectivity index is 1.72. The zero-order chi connectivity index (χ0) is 14.4. The molecule has 4 N–H and O–H groups in total. The first-order valence-electron chi connectivity index (χ1n) is 6.71. The second-order valence-corrected chi connectivity index (χ2v) is 4.69. The topological polar surface area (TPSA) is 93.4 Å². The summed E-state index contributed by atoms with van der Waals surface area (Å²) < 4.78 is 5.44. The highest BCUT2D eigenvalue weighted by molar-refractivity contribution is 5.88. The van der Waals surface area contributed by atoms with E-state index >= 15 is 0 Å². The van der Waals surface area contributed by atoms with Gasteiger partial charge < -0.3 is 21.1 Å². The maximum absolute atomic E-state index is 11.7. The average molecular weight is 277 g/mol. The standard InChI is InChI=1S/C14H19N3O3/c15-10-4-1-2-6-12(10)20-9-7-13(18)17-11-5-3-8-16-14(11)19/h1-2,4,6,11H,3,5,7-9,15H2,(H,16,19)(H,17,18). The van der Waals surface area contributed by atoms with E-state index in [-0.39, 0.29) is 24.8 Å². The molecule has 1 aromatic carbocycles. The van der Waals surface area contributed by atoms with Gasteiger partial charge in [-0.15, -0.1) is 0 Å². The molecular weight excluding hydrogens is 258 g/mol. The molecule has 0 saturated carbocycles. The van der Waals surface area contributed by atoms with Gasteiger partial charge in [-0.25, -0.2) is 0 Å². The molecule has 0 aromatic heterocycles. The van der Waals surface area contributed by atoms with Gasteiger partial charge in [-0.3, -0.25) is 9.59 Å². The third-order valence-corrected chi connectivity index (χ3v) is 3.13. The summed E-state index contributed by atoms with van der Waals surface area (Å²) in [5, 5.41) is 5.43. The first kappa shape index (κ1) is 14.2. The molecule has 1 atom stereocenters. The Bertz CT molecular complexity index is 490. The van der Waals surface area contributed by atoms with Crippen molar-refractivity contribution < 1.29 is 14.3 Å². The van der Waals surface area contributed by atoms with Gasteiger partial charge in [0.05, 0.1) is 18.7 Å². The number of benzene rings is 1. The van der Waals surface area contributed by atoms with Crippen LogP contribution in [0, 0.1) is 0 Å². The molecule has 0 radical (unpaired) electrons. The number of nitrogens with one attached hydrogen (secondary N) is 2. The number of anilines is 1. The number of hydrogen-bond acceptors (Lipinski definition) is 4. The molecule has 20 heavy (non-hydrogen) atoms. The maximum Gasteiger partial charge on any atom is 0.242 e. The van der Waals surface area contributed by atoms with Gasteiger partial charge in [0.1, 0.15) is 11.8 Å². The summed E-state index contributed by atoms with van der Waals surface area (Å²) in [6.07, 6.45) is 1.76. The van der Waals surface area contributed by atoms with Crippen LogP contribution in [0.4, 0.5) is 5.69 Å². The molecule has 2 rings (SSSR count). The Morgan fingerprint density at radius 1 is 1.45 bits per heavy atom. The molecule has 0 bridgehead atoms. The summed E-state index contributed by atoms with van der Waals surface area (Å²) in [7, 11) is 0. The SMILES string of the molecule is Nc1ccccc1OCCC(=O)NC1CCCNC1=O. The lowest BCUT2D eigenvalue weighted by Gasteiger charge is -2.22. The number of nitrogen functional groups attached to an aromatic ring is 1. The highest BCUT2D eigenvalue weighted by atomic mass is 16.5. The van der Waals surface area contributed by atoms with Crippen LogP contribution in [0.3, 0.4) is 0 Å². The summed E-state index contributed by atoms with van der Waals surface area (Å²) in [5.41, 5.74) is 6.27. The number of carbonyl (C=O) groups excluding carboxylic acids is 2. The van der Waals surface area contributed by atoms with E-state index in [4.69, 9.17) is 10.5 Å². The molecule has 0 aliphatic carbocycles. The van der Waals surface area contributed by atoms with Gasteiger partial charge in [0, 0.05) is 6.54 Å². The van der Waals surface area contributed by atoms with Gasteiger partial charge >= 0.3 is 0 Å². The minimum absolute atomic E-state index is 0.113. The normalized spacial score (nSPS) is 18.2. The first-order valence-corrected chi connectivity index (χ1v) is 6.71. The molecule has 108 valence electrons. The Labute approximate surface area is 117 Å². The van der Waals surface area contributed by atoms with E-state index in [1.54, 1.807) is 12.1 Å². The molecule has 1 heterocycles. The average Bonchev–Trinajstić information content (AvgIpc) is 2.43. The number of carbonyl (C=O) groups is 2. The number of nitrogens with two attached hydrogens (primary N) is 1. The van der Waals surface area contributed by atoms with E-state index in [9.17, 15) is 9.59 Å². The highest BCUT2D eigenvalue weighted by Crippen LogP contribution is 2.19. The van der Waals surface area contributed by atoms with Gasteiger partial charge in [0.15, 0.2) is 0 Å². The zero-order valence-corrected chi connectivity index (χ0v) is 11.2. The lowest BCUT2D eigenvalue weighted by molar-refractivity contribution is -0.130. The molecule has 0 spiro atoms. The summed E-state index contributed by atoms with van der Waals surface area (Å²) in [6.45, 7) is 0.913. The number of hydrogen-bond donors (Lipinski definition) is 3. The number of para-hydroxylation sites is 2. The molecule has 1 fully saturated rings. The zero-order valence-electron chi connectivity index (χ0n) is 11.2. The Kier molecular flexibility index (Phi) is 4.81. The molecule has 6 nitrogen and oxygen atoms in total. The van der Waals surface area contributed by atoms with Crippen molar-refractivity contribution in [1.82, 2.24) is 10.6 Å². The number of ether oxygens (including phenoxy) is 1. The fourth-order valence-electron chi connectivity index (χ4n) is 2.04. The Hall–Kier alpha value is -2.24. The van der Waals surface area contributed by atoms with Crippen molar-refractivity contribution in [3.05, 3.63) is 24.3 Å². The predicted octanol–water partition coefficient (Wildman–Crippen LogP) is 0.432. The molecule has 1 aliphatic rings. The Morgan fingerprint density at radius 2 is 2.25 bits per heavy atom. The summed E-state index contributed by atoms with van der Waals surface area (Å²) in [5.74, 6) is 0.259. The fraction of sp³-hybridized carbons (Fsp3) is 0.429. The minimum atomic E-state index is -0.418. The third-order valence-electron chi connectivity index (χ3n) is 3.13. The van der Waals surface area contributed by atoms with Crippen LogP contribution in [0.2, 0.25) is 0 Å². The van der Waals surface area contributed by atoms with Crippen LogP contribution in [0.1, 0.15) is 19.3 Å². The van der Waals surface area contributed by atoms with E-state index in [0.29, 0.717) is 24.4 Å². The predicted molar refractivity (Wildman–Crippen MR) is 75.1 cm³/mol. The van der Waals surface area contributed by atoms with Gasteiger partial charge in [-0.2, -0.15) is 0 Å². The largest absolute Gasteiger partial charge is 0.491 e. The summed E-state index contributed by atoms with van der Waals surface area (Å²) >= 11 is 0. The lowest BCUT2D eigenvalue weighted by atomic mass is 10.1. The number of piperidine rings is 1. The van der Waals surface area contributed by atoms with E-state index in [2.05, 4.69) is 10.6 Å². The number of rotatable bonds is 5. The van der Waals surface area contributed by atoms with E-state index < -0.39 is 6.04 Å². The van der Waals surface area contributed by atoms with Crippen molar-refractivity contribution in [2.75, 3.05) is 18.9 Å². The second kappa shape index (κ2) is 6.79. The maximum atomic E-state index is 11.7. The third kappa shape index (κ3) is 3.88. The van der Waals surface area contributed by atoms with E-state index in [0.717, 1.165) is 6.42 Å². The van der Waals surface area contributed by atoms with Crippen LogP contribution in [-0.4, -0.2) is 31.0 Å². The van der Waals surface area contributed by atoms with Crippen molar-refractivity contribution in [2.45, 2.75) is 25.3 Å². The van der Waals surface area contributed by atoms with Crippen molar-refractivity contribution >= 4 is 17.5 Å². The van der Waals surface area contributed by atoms with Gasteiger partial charge in [-0.05, 0) is 25.0 Å². The molecule has 2 amide bonds. The highest BCUT2D eigenvalue weighted by Gasteiger charge is 2.23. The van der Waals surface area contributed by atoms with Crippen LogP contribution < -0.4 is 21.1 Å². The quantitative estimate of drug-likeness (QED) is 0.680. The van der Waals surface area contributed by atoms with Crippen LogP contribution >= 0.6 is 0 Å². The van der Waals surface area contributed by atoms with Crippen molar-refractivity contribution in [3.63, 3.8) is 0 Å².